The van der Waals surface area contributed by atoms with Crippen LogP contribution in [0.3, 0.4) is 0 Å². The summed E-state index contributed by atoms with van der Waals surface area (Å²) in [5, 5.41) is 2.15. The highest BCUT2D eigenvalue weighted by Crippen LogP contribution is 2.25. The normalized spacial score (nSPS) is 14.7. The van der Waals surface area contributed by atoms with Crippen molar-refractivity contribution in [3.8, 4) is 0 Å². The van der Waals surface area contributed by atoms with Gasteiger partial charge in [0.05, 0.1) is 16.9 Å². The monoisotopic (exact) mass is 283 g/mol. The number of fused-ring (bicyclic) bond motifs is 1. The molecule has 0 saturated heterocycles. The number of nitrogens with zero attached hydrogens (tertiary/aromatic N) is 2. The number of amides is 1. The van der Waals surface area contributed by atoms with Crippen molar-refractivity contribution in [1.29, 1.82) is 0 Å². The van der Waals surface area contributed by atoms with Gasteiger partial charge in [0.25, 0.3) is 5.91 Å². The van der Waals surface area contributed by atoms with E-state index in [1.165, 1.54) is 0 Å². The smallest absolute Gasteiger partial charge is 0.272 e. The molecule has 0 aromatic heterocycles. The fourth-order valence-electron chi connectivity index (χ4n) is 2.17. The largest absolute Gasteiger partial charge is 0.319 e. The van der Waals surface area contributed by atoms with Crippen LogP contribution < -0.4 is 15.3 Å². The fourth-order valence-corrected chi connectivity index (χ4v) is 2.42. The minimum absolute atomic E-state index is 0.170. The van der Waals surface area contributed by atoms with Gasteiger partial charge in [-0.1, -0.05) is 30.3 Å². The minimum Gasteiger partial charge on any atom is -0.319 e. The Morgan fingerprint density at radius 1 is 1.00 bits per heavy atom. The van der Waals surface area contributed by atoms with Crippen molar-refractivity contribution in [2.24, 2.45) is 0 Å². The van der Waals surface area contributed by atoms with Crippen molar-refractivity contribution in [2.45, 2.75) is 0 Å². The molecule has 0 bridgehead atoms. The molecule has 0 saturated carbocycles. The molecule has 0 unspecified atom stereocenters. The Hall–Kier alpha value is -2.40. The zero-order valence-electron chi connectivity index (χ0n) is 10.9. The lowest BCUT2D eigenvalue weighted by Crippen LogP contribution is -2.48. The standard InChI is InChI=1S/C15H13N3OS/c1-17-13-10-6-5-9-12(13)14(19)16-18(15(17)20)11-7-3-2-4-8-11/h2-10H,1H3,(H,16,19). The van der Waals surface area contributed by atoms with Crippen LogP contribution in [-0.4, -0.2) is 18.1 Å². The van der Waals surface area contributed by atoms with Gasteiger partial charge in [0.1, 0.15) is 0 Å². The molecule has 1 heterocycles. The van der Waals surface area contributed by atoms with E-state index in [4.69, 9.17) is 12.2 Å². The van der Waals surface area contributed by atoms with Gasteiger partial charge < -0.3 is 4.90 Å². The highest BCUT2D eigenvalue weighted by Gasteiger charge is 2.27. The van der Waals surface area contributed by atoms with E-state index in [2.05, 4.69) is 5.43 Å². The van der Waals surface area contributed by atoms with Crippen molar-refractivity contribution >= 4 is 34.6 Å². The third kappa shape index (κ3) is 2.02. The summed E-state index contributed by atoms with van der Waals surface area (Å²) < 4.78 is 0. The molecule has 0 aliphatic carbocycles. The molecule has 0 atom stereocenters. The first kappa shape index (κ1) is 12.6. The Balaban J connectivity index is 2.08. The van der Waals surface area contributed by atoms with E-state index < -0.39 is 0 Å². The second-order valence-corrected chi connectivity index (χ2v) is 4.84. The molecule has 3 rings (SSSR count). The number of hydrazine groups is 1. The number of carbonyl (C=O) groups excluding carboxylic acids is 1. The molecule has 100 valence electrons. The molecule has 1 N–H and O–H groups in total. The average Bonchev–Trinajstić information content (AvgIpc) is 2.60. The number of rotatable bonds is 1. The molecule has 1 aliphatic rings. The molecular formula is C15H13N3OS. The summed E-state index contributed by atoms with van der Waals surface area (Å²) in [6.45, 7) is 0. The van der Waals surface area contributed by atoms with E-state index >= 15 is 0 Å². The number of nitrogens with one attached hydrogen (secondary N) is 1. The lowest BCUT2D eigenvalue weighted by atomic mass is 10.1. The van der Waals surface area contributed by atoms with Crippen LogP contribution in [0.15, 0.2) is 54.6 Å². The number of benzene rings is 2. The second-order valence-electron chi connectivity index (χ2n) is 4.47. The maximum atomic E-state index is 12.3. The maximum absolute atomic E-state index is 12.3. The number of para-hydroxylation sites is 2. The van der Waals surface area contributed by atoms with Gasteiger partial charge in [0.15, 0.2) is 5.11 Å². The summed E-state index contributed by atoms with van der Waals surface area (Å²) in [5.74, 6) is -0.170. The third-order valence-electron chi connectivity index (χ3n) is 3.22. The van der Waals surface area contributed by atoms with Gasteiger partial charge in [-0.3, -0.25) is 10.2 Å². The van der Waals surface area contributed by atoms with Crippen LogP contribution in [0.25, 0.3) is 0 Å². The molecule has 2 aromatic carbocycles. The molecule has 20 heavy (non-hydrogen) atoms. The van der Waals surface area contributed by atoms with E-state index in [1.54, 1.807) is 11.1 Å². The highest BCUT2D eigenvalue weighted by molar-refractivity contribution is 7.80. The van der Waals surface area contributed by atoms with Crippen molar-refractivity contribution < 1.29 is 4.79 Å². The van der Waals surface area contributed by atoms with Gasteiger partial charge >= 0.3 is 0 Å². The van der Waals surface area contributed by atoms with Crippen LogP contribution in [-0.2, 0) is 0 Å². The highest BCUT2D eigenvalue weighted by atomic mass is 32.1. The van der Waals surface area contributed by atoms with E-state index in [0.29, 0.717) is 10.7 Å². The predicted molar refractivity (Wildman–Crippen MR) is 83.8 cm³/mol. The fraction of sp³-hybridized carbons (Fsp3) is 0.0667. The van der Waals surface area contributed by atoms with Crippen LogP contribution >= 0.6 is 12.2 Å². The number of anilines is 2. The Morgan fingerprint density at radius 2 is 1.65 bits per heavy atom. The first-order valence-electron chi connectivity index (χ1n) is 6.21. The lowest BCUT2D eigenvalue weighted by molar-refractivity contribution is 0.0957. The van der Waals surface area contributed by atoms with Crippen LogP contribution in [0.2, 0.25) is 0 Å². The summed E-state index contributed by atoms with van der Waals surface area (Å²) in [6.07, 6.45) is 0. The molecule has 0 spiro atoms. The van der Waals surface area contributed by atoms with Crippen molar-refractivity contribution in [3.63, 3.8) is 0 Å². The summed E-state index contributed by atoms with van der Waals surface area (Å²) >= 11 is 5.48. The van der Waals surface area contributed by atoms with Crippen LogP contribution in [0.5, 0.6) is 0 Å². The zero-order valence-corrected chi connectivity index (χ0v) is 11.7. The Morgan fingerprint density at radius 3 is 2.40 bits per heavy atom. The first-order valence-corrected chi connectivity index (χ1v) is 6.62. The van der Waals surface area contributed by atoms with E-state index in [-0.39, 0.29) is 5.91 Å². The Labute approximate surface area is 122 Å². The summed E-state index contributed by atoms with van der Waals surface area (Å²) in [6, 6.07) is 16.9. The number of carbonyl (C=O) groups is 1. The molecule has 0 radical (unpaired) electrons. The number of hydrogen-bond donors (Lipinski definition) is 1. The predicted octanol–water partition coefficient (Wildman–Crippen LogP) is 2.57. The minimum atomic E-state index is -0.170. The molecule has 1 aliphatic heterocycles. The maximum Gasteiger partial charge on any atom is 0.272 e. The summed E-state index contributed by atoms with van der Waals surface area (Å²) in [4.78, 5) is 14.2. The first-order chi connectivity index (χ1) is 9.68. The van der Waals surface area contributed by atoms with Crippen LogP contribution in [0, 0.1) is 0 Å². The molecule has 1 amide bonds. The number of hydrogen-bond acceptors (Lipinski definition) is 2. The van der Waals surface area contributed by atoms with E-state index in [1.807, 2.05) is 60.5 Å². The molecule has 0 fully saturated rings. The zero-order chi connectivity index (χ0) is 14.1. The third-order valence-corrected chi connectivity index (χ3v) is 3.67. The topological polar surface area (TPSA) is 35.6 Å². The molecular weight excluding hydrogens is 270 g/mol. The molecule has 4 nitrogen and oxygen atoms in total. The van der Waals surface area contributed by atoms with Crippen molar-refractivity contribution in [3.05, 3.63) is 60.2 Å². The van der Waals surface area contributed by atoms with Crippen molar-refractivity contribution in [2.75, 3.05) is 17.0 Å². The van der Waals surface area contributed by atoms with Gasteiger partial charge in [0, 0.05) is 7.05 Å². The van der Waals surface area contributed by atoms with Gasteiger partial charge in [0.2, 0.25) is 0 Å². The van der Waals surface area contributed by atoms with Crippen LogP contribution in [0.4, 0.5) is 11.4 Å². The van der Waals surface area contributed by atoms with Crippen LogP contribution in [0.1, 0.15) is 10.4 Å². The van der Waals surface area contributed by atoms with Gasteiger partial charge in [-0.25, -0.2) is 5.01 Å². The molecule has 2 aromatic rings. The molecule has 5 heteroatoms. The lowest BCUT2D eigenvalue weighted by Gasteiger charge is -2.27. The van der Waals surface area contributed by atoms with Gasteiger partial charge in [-0.05, 0) is 36.5 Å². The summed E-state index contributed by atoms with van der Waals surface area (Å²) in [7, 11) is 1.86. The van der Waals surface area contributed by atoms with E-state index in [0.717, 1.165) is 11.4 Å². The van der Waals surface area contributed by atoms with E-state index in [9.17, 15) is 4.79 Å². The SMILES string of the molecule is CN1C(=S)N(c2ccccc2)NC(=O)c2ccccc21. The Kier molecular flexibility index (Phi) is 3.12. The van der Waals surface area contributed by atoms with Gasteiger partial charge in [-0.15, -0.1) is 0 Å². The quantitative estimate of drug-likeness (QED) is 0.816. The van der Waals surface area contributed by atoms with Crippen molar-refractivity contribution in [1.82, 2.24) is 5.43 Å². The number of thiocarbonyl (C=S) groups is 1. The summed E-state index contributed by atoms with van der Waals surface area (Å²) in [5.41, 5.74) is 5.07. The average molecular weight is 283 g/mol. The second kappa shape index (κ2) is 4.94. The Bertz CT molecular complexity index is 672. The van der Waals surface area contributed by atoms with Gasteiger partial charge in [-0.2, -0.15) is 0 Å².